The molecule has 14 nitrogen and oxygen atoms in total. The number of aryl methyl sites for hydroxylation is 1. The molecule has 2 amide bonds. The number of halogens is 4. The molecular formula is C35H33ClF3N9O5. The lowest BCUT2D eigenvalue weighted by atomic mass is 10.1. The van der Waals surface area contributed by atoms with Gasteiger partial charge in [0.2, 0.25) is 11.7 Å². The Bertz CT molecular complexity index is 2330. The van der Waals surface area contributed by atoms with E-state index in [0.29, 0.717) is 43.8 Å². The zero-order chi connectivity index (χ0) is 37.6. The number of benzene rings is 2. The van der Waals surface area contributed by atoms with Crippen molar-refractivity contribution in [3.05, 3.63) is 86.3 Å². The number of ether oxygens (including phenoxy) is 1. The van der Waals surface area contributed by atoms with Crippen LogP contribution in [0.2, 0.25) is 5.02 Å². The van der Waals surface area contributed by atoms with Gasteiger partial charge in [-0.1, -0.05) is 18.5 Å². The molecule has 1 fully saturated rings. The molecule has 0 atom stereocenters. The van der Waals surface area contributed by atoms with E-state index in [0.717, 1.165) is 34.0 Å². The van der Waals surface area contributed by atoms with Gasteiger partial charge in [-0.15, -0.1) is 5.10 Å². The molecule has 1 saturated heterocycles. The summed E-state index contributed by atoms with van der Waals surface area (Å²) in [7, 11) is 0. The quantitative estimate of drug-likeness (QED) is 0.242. The number of carbonyl (C=O) groups is 2. The minimum atomic E-state index is -4.62. The Hall–Kier alpha value is -5.71. The number of rotatable bonds is 7. The van der Waals surface area contributed by atoms with Crippen LogP contribution in [0.5, 0.6) is 11.5 Å². The first-order valence-corrected chi connectivity index (χ1v) is 17.2. The number of anilines is 2. The van der Waals surface area contributed by atoms with E-state index in [1.807, 2.05) is 24.0 Å². The monoisotopic (exact) mass is 751 g/mol. The number of aromatic nitrogens is 6. The first-order chi connectivity index (χ1) is 25.3. The first kappa shape index (κ1) is 35.7. The number of amides is 2. The van der Waals surface area contributed by atoms with Gasteiger partial charge in [0.1, 0.15) is 24.3 Å². The van der Waals surface area contributed by atoms with Gasteiger partial charge in [0.05, 0.1) is 34.3 Å². The van der Waals surface area contributed by atoms with Crippen LogP contribution in [0, 0.1) is 6.92 Å². The second-order valence-corrected chi connectivity index (χ2v) is 13.0. The Kier molecular flexibility index (Phi) is 9.44. The predicted octanol–water partition coefficient (Wildman–Crippen LogP) is 4.52. The number of hydrogen-bond acceptors (Lipinski definition) is 10. The molecule has 2 aliphatic heterocycles. The van der Waals surface area contributed by atoms with Gasteiger partial charge in [-0.25, -0.2) is 9.97 Å². The third-order valence-corrected chi connectivity index (χ3v) is 9.60. The lowest BCUT2D eigenvalue weighted by Gasteiger charge is -2.27. The van der Waals surface area contributed by atoms with Crippen molar-refractivity contribution < 1.29 is 32.6 Å². The maximum absolute atomic E-state index is 14.4. The van der Waals surface area contributed by atoms with E-state index in [4.69, 9.17) is 21.3 Å². The van der Waals surface area contributed by atoms with Gasteiger partial charge in [0.15, 0.2) is 17.3 Å². The number of nitrogens with zero attached hydrogens (tertiary/aromatic N) is 8. The molecule has 0 bridgehead atoms. The lowest BCUT2D eigenvalue weighted by Crippen LogP contribution is -2.39. The van der Waals surface area contributed by atoms with Gasteiger partial charge < -0.3 is 29.5 Å². The third kappa shape index (κ3) is 6.83. The van der Waals surface area contributed by atoms with Crippen LogP contribution in [0.15, 0.2) is 47.5 Å². The van der Waals surface area contributed by atoms with Crippen LogP contribution in [0.3, 0.4) is 0 Å². The van der Waals surface area contributed by atoms with Crippen molar-refractivity contribution in [2.45, 2.75) is 45.8 Å². The fourth-order valence-electron chi connectivity index (χ4n) is 6.62. The van der Waals surface area contributed by atoms with E-state index in [1.54, 1.807) is 22.5 Å². The molecule has 5 aromatic rings. The first-order valence-electron chi connectivity index (χ1n) is 16.8. The molecule has 5 heterocycles. The van der Waals surface area contributed by atoms with Crippen molar-refractivity contribution in [1.29, 1.82) is 0 Å². The van der Waals surface area contributed by atoms with Gasteiger partial charge in [-0.05, 0) is 61.7 Å². The smallest absolute Gasteiger partial charge is 0.416 e. The van der Waals surface area contributed by atoms with E-state index >= 15 is 0 Å². The average Bonchev–Trinajstić information content (AvgIpc) is 3.72. The van der Waals surface area contributed by atoms with Crippen LogP contribution in [0.1, 0.15) is 46.3 Å². The minimum Gasteiger partial charge on any atom is -0.504 e. The Balaban J connectivity index is 1.27. The van der Waals surface area contributed by atoms with Gasteiger partial charge in [-0.3, -0.25) is 14.4 Å². The Morgan fingerprint density at radius 1 is 1.08 bits per heavy atom. The Morgan fingerprint density at radius 2 is 1.89 bits per heavy atom. The molecule has 0 spiro atoms. The molecule has 3 aromatic heterocycles. The van der Waals surface area contributed by atoms with Crippen LogP contribution in [-0.4, -0.2) is 83.7 Å². The van der Waals surface area contributed by atoms with Crippen LogP contribution in [0.25, 0.3) is 17.2 Å². The van der Waals surface area contributed by atoms with Crippen LogP contribution in [-0.2, 0) is 30.4 Å². The topological polar surface area (TPSA) is 160 Å². The number of alkyl halides is 3. The van der Waals surface area contributed by atoms with Crippen LogP contribution >= 0.6 is 11.6 Å². The van der Waals surface area contributed by atoms with Gasteiger partial charge >= 0.3 is 6.18 Å². The van der Waals surface area contributed by atoms with Crippen molar-refractivity contribution in [2.75, 3.05) is 43.0 Å². The molecule has 2 aliphatic rings. The van der Waals surface area contributed by atoms with E-state index in [9.17, 15) is 32.7 Å². The van der Waals surface area contributed by atoms with E-state index in [2.05, 4.69) is 20.4 Å². The van der Waals surface area contributed by atoms with Crippen molar-refractivity contribution in [3.8, 4) is 22.9 Å². The second-order valence-electron chi connectivity index (χ2n) is 12.6. The fraction of sp³-hybridized carbons (Fsp3) is 0.343. The largest absolute Gasteiger partial charge is 0.504 e. The van der Waals surface area contributed by atoms with E-state index in [-0.39, 0.29) is 64.6 Å². The molecule has 2 N–H and O–H groups in total. The summed E-state index contributed by atoms with van der Waals surface area (Å²) in [5.41, 5.74) is 1.01. The van der Waals surface area contributed by atoms with E-state index in [1.165, 1.54) is 6.33 Å². The van der Waals surface area contributed by atoms with Crippen molar-refractivity contribution in [1.82, 2.24) is 34.0 Å². The van der Waals surface area contributed by atoms with Crippen molar-refractivity contribution >= 4 is 40.6 Å². The summed E-state index contributed by atoms with van der Waals surface area (Å²) in [6, 6.07) is 8.12. The normalized spacial score (nSPS) is 14.6. The minimum absolute atomic E-state index is 0.0234. The van der Waals surface area contributed by atoms with Crippen LogP contribution in [0.4, 0.5) is 24.5 Å². The highest BCUT2D eigenvalue weighted by atomic mass is 35.5. The van der Waals surface area contributed by atoms with Gasteiger partial charge in [0, 0.05) is 38.2 Å². The number of hydrogen-bond donors (Lipinski definition) is 2. The molecule has 2 aromatic carbocycles. The number of nitrogens with one attached hydrogen (secondary N) is 1. The molecule has 7 rings (SSSR count). The number of carbonyl (C=O) groups excluding carboxylic acids is 2. The van der Waals surface area contributed by atoms with Gasteiger partial charge in [0.25, 0.3) is 11.5 Å². The zero-order valence-corrected chi connectivity index (χ0v) is 29.3. The highest BCUT2D eigenvalue weighted by molar-refractivity contribution is 6.33. The average molecular weight is 752 g/mol. The molecule has 276 valence electrons. The SMILES string of the molecule is CCc1c(N2CCCN(C(=O)c3ncnc(C)c3O)CC2)c(=O)n2nc(-c3ccc4c(c3)CCO4)nc2n1CC(=O)Nc1ccc(C(F)(F)F)cc1Cl. The highest BCUT2D eigenvalue weighted by Crippen LogP contribution is 2.34. The van der Waals surface area contributed by atoms with Crippen LogP contribution < -0.4 is 20.5 Å². The second kappa shape index (κ2) is 14.0. The van der Waals surface area contributed by atoms with Crippen molar-refractivity contribution in [2.24, 2.45) is 0 Å². The molecule has 0 saturated carbocycles. The fourth-order valence-corrected chi connectivity index (χ4v) is 6.85. The predicted molar refractivity (Wildman–Crippen MR) is 188 cm³/mol. The van der Waals surface area contributed by atoms with E-state index < -0.39 is 35.7 Å². The Morgan fingerprint density at radius 3 is 2.64 bits per heavy atom. The molecule has 53 heavy (non-hydrogen) atoms. The maximum atomic E-state index is 14.4. The summed E-state index contributed by atoms with van der Waals surface area (Å²) >= 11 is 6.15. The highest BCUT2D eigenvalue weighted by Gasteiger charge is 2.32. The summed E-state index contributed by atoms with van der Waals surface area (Å²) in [4.78, 5) is 57.5. The summed E-state index contributed by atoms with van der Waals surface area (Å²) < 4.78 is 48.1. The summed E-state index contributed by atoms with van der Waals surface area (Å²) in [6.45, 7) is 4.65. The maximum Gasteiger partial charge on any atom is 0.416 e. The third-order valence-electron chi connectivity index (χ3n) is 9.29. The molecule has 0 radical (unpaired) electrons. The molecule has 0 aliphatic carbocycles. The van der Waals surface area contributed by atoms with Gasteiger partial charge in [-0.2, -0.15) is 22.7 Å². The zero-order valence-electron chi connectivity index (χ0n) is 28.6. The Labute approximate surface area is 304 Å². The summed E-state index contributed by atoms with van der Waals surface area (Å²) in [5, 5.41) is 17.3. The molecular weight excluding hydrogens is 719 g/mol. The number of fused-ring (bicyclic) bond motifs is 2. The van der Waals surface area contributed by atoms with Crippen molar-refractivity contribution in [3.63, 3.8) is 0 Å². The molecule has 18 heteroatoms. The molecule has 0 unspecified atom stereocenters. The standard InChI is InChI=1S/C35H33ClF3N9O5/c1-3-25-29(45-10-4-11-46(13-12-45)32(51)28-30(50)19(2)40-18-41-28)33(52)48-34(43-31(44-48)21-5-8-26-20(15-21)9-14-53-26)47(25)17-27(49)42-24-7-6-22(16-23(24)36)35(37,38)39/h5-8,15-16,18,50H,3-4,9-14,17H2,1-2H3,(H,42,49). The summed E-state index contributed by atoms with van der Waals surface area (Å²) in [6.07, 6.45) is -1.97. The summed E-state index contributed by atoms with van der Waals surface area (Å²) in [5.74, 6) is -0.331. The lowest BCUT2D eigenvalue weighted by molar-refractivity contribution is -0.137. The number of aromatic hydroxyl groups is 1.